The van der Waals surface area contributed by atoms with E-state index in [1.165, 1.54) is 71.6 Å². The van der Waals surface area contributed by atoms with E-state index >= 15 is 0 Å². The molecule has 0 spiro atoms. The Kier molecular flexibility index (Phi) is 7.33. The summed E-state index contributed by atoms with van der Waals surface area (Å²) in [6, 6.07) is 75.4. The fourth-order valence-electron chi connectivity index (χ4n) is 8.75. The summed E-state index contributed by atoms with van der Waals surface area (Å²) in [5.74, 6) is 0. The maximum atomic E-state index is 2.40. The summed E-state index contributed by atoms with van der Waals surface area (Å²) in [4.78, 5) is 2.40. The third-order valence-electron chi connectivity index (χ3n) is 11.4. The number of rotatable bonds is 6. The SMILES string of the molecule is CC1(c2ccccc2)c2ccccc2-c2c(-c3ccc(N(c4ccc(-c5cccc6ccccc56)cc4)c4cccc5ccccc45)cc3)cccc21. The predicted octanol–water partition coefficient (Wildman–Crippen LogP) is 14.1. The Bertz CT molecular complexity index is 2770. The minimum atomic E-state index is -0.230. The van der Waals surface area contributed by atoms with Crippen LogP contribution in [0.15, 0.2) is 206 Å². The smallest absolute Gasteiger partial charge is 0.0540 e. The first-order chi connectivity index (χ1) is 26.2. The van der Waals surface area contributed by atoms with Gasteiger partial charge in [0, 0.05) is 22.2 Å². The third kappa shape index (κ3) is 5.00. The first-order valence-electron chi connectivity index (χ1n) is 18.4. The minimum Gasteiger partial charge on any atom is -0.310 e. The van der Waals surface area contributed by atoms with Crippen LogP contribution in [0.2, 0.25) is 0 Å². The Balaban J connectivity index is 1.09. The van der Waals surface area contributed by atoms with E-state index in [0.717, 1.165) is 17.1 Å². The van der Waals surface area contributed by atoms with Crippen molar-refractivity contribution < 1.29 is 0 Å². The fraction of sp³-hybridized carbons (Fsp3) is 0.0385. The van der Waals surface area contributed by atoms with E-state index in [4.69, 9.17) is 0 Å². The van der Waals surface area contributed by atoms with Crippen LogP contribution in [0.25, 0.3) is 54.9 Å². The van der Waals surface area contributed by atoms with Crippen LogP contribution in [-0.4, -0.2) is 0 Å². The zero-order valence-electron chi connectivity index (χ0n) is 29.6. The summed E-state index contributed by atoms with van der Waals surface area (Å²) < 4.78 is 0. The van der Waals surface area contributed by atoms with Crippen LogP contribution < -0.4 is 4.90 Å². The summed E-state index contributed by atoms with van der Waals surface area (Å²) >= 11 is 0. The highest BCUT2D eigenvalue weighted by atomic mass is 15.1. The highest BCUT2D eigenvalue weighted by molar-refractivity contribution is 6.01. The summed E-state index contributed by atoms with van der Waals surface area (Å²) in [7, 11) is 0. The van der Waals surface area contributed by atoms with Crippen molar-refractivity contribution >= 4 is 38.6 Å². The molecule has 10 rings (SSSR count). The van der Waals surface area contributed by atoms with Gasteiger partial charge in [-0.05, 0) is 103 Å². The number of nitrogens with zero attached hydrogens (tertiary/aromatic N) is 1. The molecule has 53 heavy (non-hydrogen) atoms. The van der Waals surface area contributed by atoms with E-state index in [0.29, 0.717) is 0 Å². The Morgan fingerprint density at radius 2 is 0.849 bits per heavy atom. The molecule has 0 aromatic heterocycles. The van der Waals surface area contributed by atoms with Crippen LogP contribution in [0.5, 0.6) is 0 Å². The minimum absolute atomic E-state index is 0.230. The lowest BCUT2D eigenvalue weighted by atomic mass is 9.74. The van der Waals surface area contributed by atoms with E-state index in [1.807, 2.05) is 0 Å². The third-order valence-corrected chi connectivity index (χ3v) is 11.4. The highest BCUT2D eigenvalue weighted by Gasteiger charge is 2.41. The molecule has 0 radical (unpaired) electrons. The summed E-state index contributed by atoms with van der Waals surface area (Å²) in [6.45, 7) is 2.38. The van der Waals surface area contributed by atoms with Gasteiger partial charge in [-0.1, -0.05) is 176 Å². The number of hydrogen-bond acceptors (Lipinski definition) is 1. The lowest BCUT2D eigenvalue weighted by molar-refractivity contribution is 0.714. The van der Waals surface area contributed by atoms with Gasteiger partial charge < -0.3 is 4.90 Å². The van der Waals surface area contributed by atoms with Crippen LogP contribution in [0.1, 0.15) is 23.6 Å². The van der Waals surface area contributed by atoms with Crippen molar-refractivity contribution in [2.45, 2.75) is 12.3 Å². The summed E-state index contributed by atoms with van der Waals surface area (Å²) in [5, 5.41) is 4.96. The lowest BCUT2D eigenvalue weighted by Gasteiger charge is -2.28. The Morgan fingerprint density at radius 3 is 1.58 bits per heavy atom. The van der Waals surface area contributed by atoms with Crippen molar-refractivity contribution in [3.05, 3.63) is 223 Å². The quantitative estimate of drug-likeness (QED) is 0.170. The molecule has 1 heteroatoms. The number of anilines is 3. The maximum Gasteiger partial charge on any atom is 0.0540 e. The van der Waals surface area contributed by atoms with Gasteiger partial charge in [0.2, 0.25) is 0 Å². The first-order valence-corrected chi connectivity index (χ1v) is 18.4. The van der Waals surface area contributed by atoms with E-state index in [2.05, 4.69) is 218 Å². The molecule has 250 valence electrons. The monoisotopic (exact) mass is 675 g/mol. The van der Waals surface area contributed by atoms with Gasteiger partial charge in [-0.25, -0.2) is 0 Å². The number of benzene rings is 9. The highest BCUT2D eigenvalue weighted by Crippen LogP contribution is 2.55. The van der Waals surface area contributed by atoms with Crippen molar-refractivity contribution in [1.82, 2.24) is 0 Å². The Hall–Kier alpha value is -6.70. The molecule has 0 amide bonds. The number of fused-ring (bicyclic) bond motifs is 5. The lowest BCUT2D eigenvalue weighted by Crippen LogP contribution is -2.22. The first kappa shape index (κ1) is 31.1. The Morgan fingerprint density at radius 1 is 0.358 bits per heavy atom. The molecule has 1 nitrogen and oxygen atoms in total. The molecule has 1 unspecified atom stereocenters. The van der Waals surface area contributed by atoms with Crippen LogP contribution in [0, 0.1) is 0 Å². The van der Waals surface area contributed by atoms with Crippen LogP contribution >= 0.6 is 0 Å². The van der Waals surface area contributed by atoms with Crippen molar-refractivity contribution in [2.24, 2.45) is 0 Å². The van der Waals surface area contributed by atoms with E-state index in [1.54, 1.807) is 0 Å². The fourth-order valence-corrected chi connectivity index (χ4v) is 8.75. The summed E-state index contributed by atoms with van der Waals surface area (Å²) in [6.07, 6.45) is 0. The van der Waals surface area contributed by atoms with Gasteiger partial charge in [-0.15, -0.1) is 0 Å². The topological polar surface area (TPSA) is 3.24 Å². The van der Waals surface area contributed by atoms with Gasteiger partial charge in [0.25, 0.3) is 0 Å². The number of hydrogen-bond donors (Lipinski definition) is 0. The van der Waals surface area contributed by atoms with Crippen molar-refractivity contribution in [1.29, 1.82) is 0 Å². The molecule has 0 saturated heterocycles. The molecule has 0 bridgehead atoms. The maximum absolute atomic E-state index is 2.40. The molecular weight excluding hydrogens is 639 g/mol. The average molecular weight is 676 g/mol. The zero-order chi connectivity index (χ0) is 35.4. The van der Waals surface area contributed by atoms with Crippen molar-refractivity contribution in [3.63, 3.8) is 0 Å². The van der Waals surface area contributed by atoms with Gasteiger partial charge in [-0.2, -0.15) is 0 Å². The molecule has 0 aliphatic heterocycles. The second-order valence-corrected chi connectivity index (χ2v) is 14.2. The van der Waals surface area contributed by atoms with Crippen LogP contribution in [-0.2, 0) is 5.41 Å². The molecule has 1 atom stereocenters. The van der Waals surface area contributed by atoms with E-state index in [-0.39, 0.29) is 5.41 Å². The van der Waals surface area contributed by atoms with Crippen molar-refractivity contribution in [2.75, 3.05) is 4.90 Å². The normalized spacial score (nSPS) is 14.6. The van der Waals surface area contributed by atoms with E-state index in [9.17, 15) is 0 Å². The molecule has 1 aliphatic carbocycles. The molecule has 0 saturated carbocycles. The molecule has 9 aromatic carbocycles. The van der Waals surface area contributed by atoms with Gasteiger partial charge >= 0.3 is 0 Å². The zero-order valence-corrected chi connectivity index (χ0v) is 29.6. The standard InChI is InChI=1S/C52H37N/c1-52(40-18-3-2-4-19-40)48-25-10-9-22-47(48)51-46(24-13-26-49(51)52)39-30-34-42(35-31-39)53(50-27-12-17-37-15-6-8-21-45(37)50)41-32-28-38(29-33-41)44-23-11-16-36-14-5-7-20-43(36)44/h2-35H,1H3. The van der Waals surface area contributed by atoms with Gasteiger partial charge in [0.15, 0.2) is 0 Å². The Labute approximate surface area is 311 Å². The van der Waals surface area contributed by atoms with Gasteiger partial charge in [0.05, 0.1) is 5.69 Å². The largest absolute Gasteiger partial charge is 0.310 e. The predicted molar refractivity (Wildman–Crippen MR) is 224 cm³/mol. The van der Waals surface area contributed by atoms with Crippen molar-refractivity contribution in [3.8, 4) is 33.4 Å². The second kappa shape index (κ2) is 12.5. The molecule has 0 N–H and O–H groups in total. The molecular formula is C52H37N. The average Bonchev–Trinajstić information content (AvgIpc) is 3.50. The molecule has 9 aromatic rings. The van der Waals surface area contributed by atoms with E-state index < -0.39 is 0 Å². The van der Waals surface area contributed by atoms with Crippen LogP contribution in [0.4, 0.5) is 17.1 Å². The van der Waals surface area contributed by atoms with Gasteiger partial charge in [-0.3, -0.25) is 0 Å². The molecule has 0 fully saturated rings. The molecule has 0 heterocycles. The molecule has 1 aliphatic rings. The van der Waals surface area contributed by atoms with Gasteiger partial charge in [0.1, 0.15) is 0 Å². The second-order valence-electron chi connectivity index (χ2n) is 14.2. The summed E-state index contributed by atoms with van der Waals surface area (Å²) in [5.41, 5.74) is 14.8. The van der Waals surface area contributed by atoms with Crippen LogP contribution in [0.3, 0.4) is 0 Å².